The predicted molar refractivity (Wildman–Crippen MR) is 113 cm³/mol. The van der Waals surface area contributed by atoms with E-state index in [9.17, 15) is 4.79 Å². The number of amides is 1. The summed E-state index contributed by atoms with van der Waals surface area (Å²) in [7, 11) is 0. The van der Waals surface area contributed by atoms with E-state index in [1.165, 1.54) is 0 Å². The van der Waals surface area contributed by atoms with Crippen LogP contribution in [-0.2, 0) is 0 Å². The molecule has 0 saturated heterocycles. The Morgan fingerprint density at radius 1 is 0.964 bits per heavy atom. The van der Waals surface area contributed by atoms with Crippen molar-refractivity contribution < 1.29 is 4.79 Å². The Balaban J connectivity index is 1.51. The molecular formula is C22H17ClN4O. The summed E-state index contributed by atoms with van der Waals surface area (Å²) in [6.45, 7) is 1.89. The number of nitrogens with zero attached hydrogens (tertiary/aromatic N) is 2. The monoisotopic (exact) mass is 388 g/mol. The number of hydrogen-bond acceptors (Lipinski definition) is 4. The molecule has 0 fully saturated rings. The van der Waals surface area contributed by atoms with E-state index in [4.69, 9.17) is 11.6 Å². The van der Waals surface area contributed by atoms with Crippen molar-refractivity contribution in [3.8, 4) is 0 Å². The minimum atomic E-state index is -0.226. The molecule has 0 aliphatic rings. The zero-order valence-electron chi connectivity index (χ0n) is 15.1. The van der Waals surface area contributed by atoms with Gasteiger partial charge in [0.15, 0.2) is 0 Å². The molecule has 0 spiro atoms. The third-order valence-electron chi connectivity index (χ3n) is 4.36. The smallest absolute Gasteiger partial charge is 0.257 e. The minimum Gasteiger partial charge on any atom is -0.338 e. The number of anilines is 3. The van der Waals surface area contributed by atoms with E-state index in [0.29, 0.717) is 16.4 Å². The summed E-state index contributed by atoms with van der Waals surface area (Å²) in [5.74, 6) is 0.411. The topological polar surface area (TPSA) is 66.9 Å². The van der Waals surface area contributed by atoms with Crippen LogP contribution < -0.4 is 10.6 Å². The Bertz CT molecular complexity index is 1150. The van der Waals surface area contributed by atoms with Crippen LogP contribution in [0, 0.1) is 6.92 Å². The zero-order valence-corrected chi connectivity index (χ0v) is 15.9. The first-order valence-electron chi connectivity index (χ1n) is 8.74. The van der Waals surface area contributed by atoms with Gasteiger partial charge in [-0.1, -0.05) is 29.8 Å². The van der Waals surface area contributed by atoms with Gasteiger partial charge >= 0.3 is 0 Å². The number of rotatable bonds is 4. The average molecular weight is 389 g/mol. The minimum absolute atomic E-state index is 0.226. The van der Waals surface area contributed by atoms with E-state index in [1.54, 1.807) is 42.7 Å². The van der Waals surface area contributed by atoms with Gasteiger partial charge in [-0.25, -0.2) is 4.98 Å². The van der Waals surface area contributed by atoms with Crippen LogP contribution in [0.1, 0.15) is 15.9 Å². The molecule has 6 heteroatoms. The highest BCUT2D eigenvalue weighted by atomic mass is 35.5. The SMILES string of the molecule is Cc1cc(Cl)ccc1NC(=O)c1ccc(Nc2cccc3cccnc23)nc1. The number of halogens is 1. The van der Waals surface area contributed by atoms with Crippen molar-refractivity contribution in [3.63, 3.8) is 0 Å². The Morgan fingerprint density at radius 3 is 2.61 bits per heavy atom. The van der Waals surface area contributed by atoms with Crippen LogP contribution in [0.4, 0.5) is 17.2 Å². The van der Waals surface area contributed by atoms with Crippen LogP contribution >= 0.6 is 11.6 Å². The summed E-state index contributed by atoms with van der Waals surface area (Å²) in [5, 5.41) is 7.82. The number of carbonyl (C=O) groups excluding carboxylic acids is 1. The summed E-state index contributed by atoms with van der Waals surface area (Å²) < 4.78 is 0. The molecule has 0 unspecified atom stereocenters. The van der Waals surface area contributed by atoms with Crippen molar-refractivity contribution in [2.45, 2.75) is 6.92 Å². The first-order valence-corrected chi connectivity index (χ1v) is 9.12. The molecule has 1 amide bonds. The van der Waals surface area contributed by atoms with Gasteiger partial charge in [-0.05, 0) is 55.0 Å². The summed E-state index contributed by atoms with van der Waals surface area (Å²) in [4.78, 5) is 21.3. The first kappa shape index (κ1) is 17.9. The lowest BCUT2D eigenvalue weighted by molar-refractivity contribution is 0.102. The highest BCUT2D eigenvalue weighted by Gasteiger charge is 2.09. The second-order valence-corrected chi connectivity index (χ2v) is 6.79. The molecule has 5 nitrogen and oxygen atoms in total. The number of para-hydroxylation sites is 1. The third kappa shape index (κ3) is 3.80. The van der Waals surface area contributed by atoms with E-state index >= 15 is 0 Å². The second-order valence-electron chi connectivity index (χ2n) is 6.35. The lowest BCUT2D eigenvalue weighted by Crippen LogP contribution is -2.13. The van der Waals surface area contributed by atoms with Gasteiger partial charge in [-0.15, -0.1) is 0 Å². The fraction of sp³-hybridized carbons (Fsp3) is 0.0455. The molecule has 2 aromatic heterocycles. The van der Waals surface area contributed by atoms with Crippen molar-refractivity contribution in [2.75, 3.05) is 10.6 Å². The maximum absolute atomic E-state index is 12.5. The van der Waals surface area contributed by atoms with Crippen molar-refractivity contribution >= 4 is 45.6 Å². The van der Waals surface area contributed by atoms with Crippen molar-refractivity contribution in [1.29, 1.82) is 0 Å². The van der Waals surface area contributed by atoms with E-state index in [0.717, 1.165) is 27.8 Å². The van der Waals surface area contributed by atoms with E-state index < -0.39 is 0 Å². The maximum atomic E-state index is 12.5. The van der Waals surface area contributed by atoms with Crippen LogP contribution in [-0.4, -0.2) is 15.9 Å². The summed E-state index contributed by atoms with van der Waals surface area (Å²) >= 11 is 5.96. The molecule has 2 N–H and O–H groups in total. The molecule has 0 aliphatic heterocycles. The Morgan fingerprint density at radius 2 is 1.82 bits per heavy atom. The molecular weight excluding hydrogens is 372 g/mol. The molecule has 28 heavy (non-hydrogen) atoms. The van der Waals surface area contributed by atoms with Gasteiger partial charge in [-0.2, -0.15) is 0 Å². The molecule has 0 radical (unpaired) electrons. The van der Waals surface area contributed by atoms with Crippen LogP contribution in [0.15, 0.2) is 73.1 Å². The number of hydrogen-bond donors (Lipinski definition) is 2. The summed E-state index contributed by atoms with van der Waals surface area (Å²) in [6, 6.07) is 18.7. The maximum Gasteiger partial charge on any atom is 0.257 e. The molecule has 4 aromatic rings. The highest BCUT2D eigenvalue weighted by molar-refractivity contribution is 6.30. The van der Waals surface area contributed by atoms with Crippen LogP contribution in [0.2, 0.25) is 5.02 Å². The first-order chi connectivity index (χ1) is 13.6. The van der Waals surface area contributed by atoms with Gasteiger partial charge in [0.25, 0.3) is 5.91 Å². The largest absolute Gasteiger partial charge is 0.338 e. The average Bonchev–Trinajstić information content (AvgIpc) is 2.71. The van der Waals surface area contributed by atoms with Gasteiger partial charge in [-0.3, -0.25) is 9.78 Å². The van der Waals surface area contributed by atoms with Crippen molar-refractivity contribution in [1.82, 2.24) is 9.97 Å². The van der Waals surface area contributed by atoms with E-state index in [1.807, 2.05) is 37.3 Å². The molecule has 0 bridgehead atoms. The predicted octanol–water partition coefficient (Wildman–Crippen LogP) is 5.59. The van der Waals surface area contributed by atoms with Gasteiger partial charge in [0.2, 0.25) is 0 Å². The molecule has 2 heterocycles. The number of benzene rings is 2. The zero-order chi connectivity index (χ0) is 19.5. The molecule has 138 valence electrons. The molecule has 4 rings (SSSR count). The number of aromatic nitrogens is 2. The Kier molecular flexibility index (Phi) is 4.91. The third-order valence-corrected chi connectivity index (χ3v) is 4.59. The fourth-order valence-electron chi connectivity index (χ4n) is 2.91. The number of nitrogens with one attached hydrogen (secondary N) is 2. The molecule has 0 aliphatic carbocycles. The second kappa shape index (κ2) is 7.66. The highest BCUT2D eigenvalue weighted by Crippen LogP contribution is 2.24. The molecule has 0 saturated carbocycles. The number of aryl methyl sites for hydroxylation is 1. The van der Waals surface area contributed by atoms with E-state index in [-0.39, 0.29) is 5.91 Å². The van der Waals surface area contributed by atoms with E-state index in [2.05, 4.69) is 20.6 Å². The van der Waals surface area contributed by atoms with Crippen molar-refractivity contribution in [3.05, 3.63) is 89.2 Å². The fourth-order valence-corrected chi connectivity index (χ4v) is 3.13. The number of fused-ring (bicyclic) bond motifs is 1. The van der Waals surface area contributed by atoms with Gasteiger partial charge in [0.1, 0.15) is 5.82 Å². The van der Waals surface area contributed by atoms with Crippen molar-refractivity contribution in [2.24, 2.45) is 0 Å². The van der Waals surface area contributed by atoms with Gasteiger partial charge < -0.3 is 10.6 Å². The Labute approximate surface area is 167 Å². The lowest BCUT2D eigenvalue weighted by atomic mass is 10.2. The molecule has 0 atom stereocenters. The van der Waals surface area contributed by atoms with Gasteiger partial charge in [0, 0.05) is 28.5 Å². The number of pyridine rings is 2. The van der Waals surface area contributed by atoms with Crippen LogP contribution in [0.25, 0.3) is 10.9 Å². The standard InChI is InChI=1S/C22H17ClN4O/c1-14-12-17(23)8-9-18(14)27-22(28)16-7-10-20(25-13-16)26-19-6-2-4-15-5-3-11-24-21(15)19/h2-13H,1H3,(H,25,26)(H,27,28). The number of carbonyl (C=O) groups is 1. The Hall–Kier alpha value is -3.44. The van der Waals surface area contributed by atoms with Gasteiger partial charge in [0.05, 0.1) is 16.8 Å². The molecule has 2 aromatic carbocycles. The van der Waals surface area contributed by atoms with Crippen LogP contribution in [0.5, 0.6) is 0 Å². The lowest BCUT2D eigenvalue weighted by Gasteiger charge is -2.10. The summed E-state index contributed by atoms with van der Waals surface area (Å²) in [5.41, 5.74) is 3.82. The normalized spacial score (nSPS) is 10.6. The summed E-state index contributed by atoms with van der Waals surface area (Å²) in [6.07, 6.45) is 3.30. The van der Waals surface area contributed by atoms with Crippen LogP contribution in [0.3, 0.4) is 0 Å². The quantitative estimate of drug-likeness (QED) is 0.478.